The number of nitrogens with zero attached hydrogens (tertiary/aromatic N) is 1. The molecule has 2 heteroatoms. The van der Waals surface area contributed by atoms with Crippen molar-refractivity contribution in [2.45, 2.75) is 25.7 Å². The lowest BCUT2D eigenvalue weighted by Crippen LogP contribution is -2.27. The molecule has 0 saturated heterocycles. The van der Waals surface area contributed by atoms with Gasteiger partial charge in [0.1, 0.15) is 0 Å². The Kier molecular flexibility index (Phi) is 2.50. The molecule has 0 unspecified atom stereocenters. The standard InChI is InChI=1S/C14H20N2/c15-13-5-7-14(8-6-13)16(9-11-1-2-11)10-12-3-4-12/h5-8,11-12H,1-4,9-10,15H2. The summed E-state index contributed by atoms with van der Waals surface area (Å²) in [4.78, 5) is 2.56. The molecule has 2 aliphatic carbocycles. The first-order chi connectivity index (χ1) is 7.81. The van der Waals surface area contributed by atoms with Crippen molar-refractivity contribution in [2.75, 3.05) is 23.7 Å². The van der Waals surface area contributed by atoms with Gasteiger partial charge in [0.25, 0.3) is 0 Å². The normalized spacial score (nSPS) is 19.8. The van der Waals surface area contributed by atoms with Crippen LogP contribution in [0.25, 0.3) is 0 Å². The highest BCUT2D eigenvalue weighted by molar-refractivity contribution is 5.53. The minimum atomic E-state index is 0.863. The van der Waals surface area contributed by atoms with Crippen LogP contribution >= 0.6 is 0 Å². The summed E-state index contributed by atoms with van der Waals surface area (Å²) in [7, 11) is 0. The molecule has 0 heterocycles. The van der Waals surface area contributed by atoms with E-state index >= 15 is 0 Å². The van der Waals surface area contributed by atoms with Crippen molar-refractivity contribution in [3.8, 4) is 0 Å². The Labute approximate surface area is 97.4 Å². The highest BCUT2D eigenvalue weighted by Gasteiger charge is 2.29. The summed E-state index contributed by atoms with van der Waals surface area (Å²) < 4.78 is 0. The number of anilines is 2. The third-order valence-corrected chi connectivity index (χ3v) is 3.61. The molecular weight excluding hydrogens is 196 g/mol. The van der Waals surface area contributed by atoms with Crippen molar-refractivity contribution in [1.82, 2.24) is 0 Å². The lowest BCUT2D eigenvalue weighted by molar-refractivity contribution is 0.679. The van der Waals surface area contributed by atoms with Crippen LogP contribution < -0.4 is 10.6 Å². The van der Waals surface area contributed by atoms with Crippen LogP contribution in [-0.4, -0.2) is 13.1 Å². The number of hydrogen-bond donors (Lipinski definition) is 1. The fourth-order valence-corrected chi connectivity index (χ4v) is 2.19. The molecule has 0 radical (unpaired) electrons. The molecule has 1 aromatic rings. The Morgan fingerprint density at radius 1 is 0.938 bits per heavy atom. The van der Waals surface area contributed by atoms with E-state index in [1.807, 2.05) is 12.1 Å². The van der Waals surface area contributed by atoms with E-state index in [4.69, 9.17) is 5.73 Å². The Bertz CT molecular complexity index is 336. The summed E-state index contributed by atoms with van der Waals surface area (Å²) in [6, 6.07) is 8.37. The SMILES string of the molecule is Nc1ccc(N(CC2CC2)CC2CC2)cc1. The summed E-state index contributed by atoms with van der Waals surface area (Å²) in [6.07, 6.45) is 5.71. The van der Waals surface area contributed by atoms with Gasteiger partial charge in [-0.25, -0.2) is 0 Å². The third-order valence-electron chi connectivity index (χ3n) is 3.61. The van der Waals surface area contributed by atoms with Crippen LogP contribution in [0.15, 0.2) is 24.3 Å². The zero-order valence-electron chi connectivity index (χ0n) is 9.73. The van der Waals surface area contributed by atoms with Crippen LogP contribution in [0.5, 0.6) is 0 Å². The lowest BCUT2D eigenvalue weighted by Gasteiger charge is -2.25. The molecule has 0 atom stereocenters. The molecule has 0 aromatic heterocycles. The van der Waals surface area contributed by atoms with E-state index in [0.717, 1.165) is 17.5 Å². The van der Waals surface area contributed by atoms with E-state index in [1.165, 1.54) is 44.5 Å². The first-order valence-electron chi connectivity index (χ1n) is 6.42. The molecular formula is C14H20N2. The minimum Gasteiger partial charge on any atom is -0.399 e. The number of benzene rings is 1. The van der Waals surface area contributed by atoms with Gasteiger partial charge in [0.15, 0.2) is 0 Å². The van der Waals surface area contributed by atoms with Gasteiger partial charge in [0.2, 0.25) is 0 Å². The average Bonchev–Trinajstić information content (AvgIpc) is 3.12. The summed E-state index contributed by atoms with van der Waals surface area (Å²) >= 11 is 0. The van der Waals surface area contributed by atoms with Crippen LogP contribution in [0.4, 0.5) is 11.4 Å². The molecule has 2 nitrogen and oxygen atoms in total. The summed E-state index contributed by atoms with van der Waals surface area (Å²) in [5.74, 6) is 1.91. The van der Waals surface area contributed by atoms with Crippen LogP contribution in [0.3, 0.4) is 0 Å². The first-order valence-corrected chi connectivity index (χ1v) is 6.42. The molecule has 2 saturated carbocycles. The number of rotatable bonds is 5. The predicted molar refractivity (Wildman–Crippen MR) is 68.5 cm³/mol. The second kappa shape index (κ2) is 4.00. The molecule has 1 aromatic carbocycles. The second-order valence-corrected chi connectivity index (χ2v) is 5.38. The van der Waals surface area contributed by atoms with Gasteiger partial charge >= 0.3 is 0 Å². The second-order valence-electron chi connectivity index (χ2n) is 5.38. The minimum absolute atomic E-state index is 0.863. The Morgan fingerprint density at radius 2 is 1.44 bits per heavy atom. The van der Waals surface area contributed by atoms with Crippen LogP contribution in [0.1, 0.15) is 25.7 Å². The van der Waals surface area contributed by atoms with Crippen molar-refractivity contribution in [3.05, 3.63) is 24.3 Å². The van der Waals surface area contributed by atoms with Crippen LogP contribution in [-0.2, 0) is 0 Å². The highest BCUT2D eigenvalue weighted by atomic mass is 15.1. The summed E-state index contributed by atoms with van der Waals surface area (Å²) in [5, 5.41) is 0. The van der Waals surface area contributed by atoms with Crippen molar-refractivity contribution in [3.63, 3.8) is 0 Å². The first kappa shape index (κ1) is 10.0. The maximum Gasteiger partial charge on any atom is 0.0367 e. The van der Waals surface area contributed by atoms with Gasteiger partial charge in [-0.05, 0) is 61.8 Å². The van der Waals surface area contributed by atoms with Gasteiger partial charge in [-0.1, -0.05) is 0 Å². The number of hydrogen-bond acceptors (Lipinski definition) is 2. The van der Waals surface area contributed by atoms with Gasteiger partial charge in [0.05, 0.1) is 0 Å². The maximum atomic E-state index is 5.74. The van der Waals surface area contributed by atoms with Gasteiger partial charge < -0.3 is 10.6 Å². The number of nitrogen functional groups attached to an aromatic ring is 1. The van der Waals surface area contributed by atoms with Gasteiger partial charge in [-0.2, -0.15) is 0 Å². The molecule has 3 rings (SSSR count). The van der Waals surface area contributed by atoms with E-state index in [-0.39, 0.29) is 0 Å². The van der Waals surface area contributed by atoms with E-state index in [0.29, 0.717) is 0 Å². The van der Waals surface area contributed by atoms with E-state index < -0.39 is 0 Å². The van der Waals surface area contributed by atoms with E-state index in [9.17, 15) is 0 Å². The lowest BCUT2D eigenvalue weighted by atomic mass is 10.2. The Hall–Kier alpha value is -1.18. The van der Waals surface area contributed by atoms with Gasteiger partial charge in [-0.3, -0.25) is 0 Å². The molecule has 0 amide bonds. The van der Waals surface area contributed by atoms with Crippen molar-refractivity contribution >= 4 is 11.4 Å². The van der Waals surface area contributed by atoms with E-state index in [1.54, 1.807) is 0 Å². The van der Waals surface area contributed by atoms with Gasteiger partial charge in [0, 0.05) is 24.5 Å². The molecule has 0 bridgehead atoms. The van der Waals surface area contributed by atoms with Crippen LogP contribution in [0.2, 0.25) is 0 Å². The predicted octanol–water partition coefficient (Wildman–Crippen LogP) is 2.90. The molecule has 2 N–H and O–H groups in total. The molecule has 86 valence electrons. The summed E-state index contributed by atoms with van der Waals surface area (Å²) in [6.45, 7) is 2.50. The zero-order valence-corrected chi connectivity index (χ0v) is 9.73. The van der Waals surface area contributed by atoms with Gasteiger partial charge in [-0.15, -0.1) is 0 Å². The van der Waals surface area contributed by atoms with Crippen molar-refractivity contribution in [1.29, 1.82) is 0 Å². The average molecular weight is 216 g/mol. The molecule has 2 fully saturated rings. The zero-order chi connectivity index (χ0) is 11.0. The van der Waals surface area contributed by atoms with Crippen molar-refractivity contribution in [2.24, 2.45) is 11.8 Å². The highest BCUT2D eigenvalue weighted by Crippen LogP contribution is 2.35. The third kappa shape index (κ3) is 2.49. The Morgan fingerprint density at radius 3 is 1.88 bits per heavy atom. The van der Waals surface area contributed by atoms with Crippen LogP contribution in [0, 0.1) is 11.8 Å². The molecule has 16 heavy (non-hydrogen) atoms. The number of nitrogens with two attached hydrogens (primary N) is 1. The van der Waals surface area contributed by atoms with E-state index in [2.05, 4.69) is 17.0 Å². The largest absolute Gasteiger partial charge is 0.399 e. The fraction of sp³-hybridized carbons (Fsp3) is 0.571. The molecule has 0 aliphatic heterocycles. The smallest absolute Gasteiger partial charge is 0.0367 e. The Balaban J connectivity index is 1.71. The monoisotopic (exact) mass is 216 g/mol. The molecule has 2 aliphatic rings. The fourth-order valence-electron chi connectivity index (χ4n) is 2.19. The maximum absolute atomic E-state index is 5.74. The quantitative estimate of drug-likeness (QED) is 0.767. The molecule has 0 spiro atoms. The summed E-state index contributed by atoms with van der Waals surface area (Å²) in [5.41, 5.74) is 7.95. The topological polar surface area (TPSA) is 29.3 Å². The van der Waals surface area contributed by atoms with Crippen molar-refractivity contribution < 1.29 is 0 Å².